The summed E-state index contributed by atoms with van der Waals surface area (Å²) in [5, 5.41) is 11.9. The zero-order valence-electron chi connectivity index (χ0n) is 21.0. The van der Waals surface area contributed by atoms with Gasteiger partial charge in [0, 0.05) is 23.3 Å². The number of amides is 1. The summed E-state index contributed by atoms with van der Waals surface area (Å²) in [6.45, 7) is 1.68. The van der Waals surface area contributed by atoms with Crippen LogP contribution in [0, 0.1) is 10.1 Å². The van der Waals surface area contributed by atoms with Gasteiger partial charge in [0.15, 0.2) is 5.49 Å². The van der Waals surface area contributed by atoms with E-state index in [-0.39, 0.29) is 45.3 Å². The first-order valence-electron chi connectivity index (χ1n) is 12.6. The summed E-state index contributed by atoms with van der Waals surface area (Å²) in [6.07, 6.45) is 5.79. The number of carbonyl (C=O) groups excluding carboxylic acids is 2. The number of nitro groups is 1. The number of rotatable bonds is 5. The summed E-state index contributed by atoms with van der Waals surface area (Å²) in [4.78, 5) is 60.2. The van der Waals surface area contributed by atoms with Crippen molar-refractivity contribution < 1.29 is 19.2 Å². The van der Waals surface area contributed by atoms with Gasteiger partial charge in [-0.25, -0.2) is 9.78 Å². The molecule has 1 amide bonds. The highest BCUT2D eigenvalue weighted by atomic mass is 35.5. The molecular weight excluding hydrogens is 526 g/mol. The highest BCUT2D eigenvalue weighted by Gasteiger charge is 2.27. The number of fused-ring (bicyclic) bond motifs is 2. The van der Waals surface area contributed by atoms with Crippen LogP contribution in [0.1, 0.15) is 65.8 Å². The average molecular weight is 550 g/mol. The van der Waals surface area contributed by atoms with Crippen molar-refractivity contribution in [2.45, 2.75) is 45.1 Å². The molecule has 0 bridgehead atoms. The van der Waals surface area contributed by atoms with Gasteiger partial charge in [0.05, 0.1) is 16.9 Å². The number of hydrogen-bond acceptors (Lipinski definition) is 7. The summed E-state index contributed by atoms with van der Waals surface area (Å²) >= 11 is 6.05. The van der Waals surface area contributed by atoms with E-state index in [2.05, 4.69) is 4.99 Å². The number of nitrogens with zero attached hydrogens (tertiary/aromatic N) is 5. The van der Waals surface area contributed by atoms with Gasteiger partial charge in [0.2, 0.25) is 0 Å². The Bertz CT molecular complexity index is 1770. The number of hydrogen-bond donors (Lipinski definition) is 0. The van der Waals surface area contributed by atoms with Crippen LogP contribution in [-0.2, 0) is 4.74 Å². The minimum atomic E-state index is -0.962. The Labute approximate surface area is 226 Å². The van der Waals surface area contributed by atoms with E-state index in [4.69, 9.17) is 21.3 Å². The minimum Gasteiger partial charge on any atom is -0.462 e. The summed E-state index contributed by atoms with van der Waals surface area (Å²) in [5.41, 5.74) is -0.733. The van der Waals surface area contributed by atoms with Crippen LogP contribution in [0.4, 0.5) is 5.69 Å². The smallest absolute Gasteiger partial charge is 0.341 e. The first-order valence-corrected chi connectivity index (χ1v) is 12.9. The topological polar surface area (TPSA) is 138 Å². The van der Waals surface area contributed by atoms with Gasteiger partial charge in [0.1, 0.15) is 22.4 Å². The second-order valence-electron chi connectivity index (χ2n) is 9.18. The normalized spacial score (nSPS) is 14.6. The van der Waals surface area contributed by atoms with Crippen molar-refractivity contribution in [2.24, 2.45) is 4.99 Å². The van der Waals surface area contributed by atoms with Crippen molar-refractivity contribution in [1.82, 2.24) is 14.0 Å². The molecule has 1 saturated carbocycles. The van der Waals surface area contributed by atoms with Gasteiger partial charge in [-0.15, -0.1) is 0 Å². The van der Waals surface area contributed by atoms with E-state index >= 15 is 0 Å². The first kappa shape index (κ1) is 26.2. The molecule has 1 aromatic carbocycles. The molecule has 200 valence electrons. The largest absolute Gasteiger partial charge is 0.462 e. The Morgan fingerprint density at radius 2 is 1.92 bits per heavy atom. The minimum absolute atomic E-state index is 0.0441. The van der Waals surface area contributed by atoms with Gasteiger partial charge >= 0.3 is 5.97 Å². The molecule has 1 fully saturated rings. The predicted octanol–water partition coefficient (Wildman–Crippen LogP) is 4.63. The van der Waals surface area contributed by atoms with Gasteiger partial charge < -0.3 is 9.30 Å². The summed E-state index contributed by atoms with van der Waals surface area (Å²) in [5.74, 6) is -1.75. The van der Waals surface area contributed by atoms with Crippen LogP contribution in [0.3, 0.4) is 0 Å². The molecule has 0 N–H and O–H groups in total. The number of esters is 1. The quantitative estimate of drug-likeness (QED) is 0.153. The Hall–Kier alpha value is -4.38. The van der Waals surface area contributed by atoms with Crippen LogP contribution < -0.4 is 11.0 Å². The summed E-state index contributed by atoms with van der Waals surface area (Å²) in [6, 6.07) is 9.84. The van der Waals surface area contributed by atoms with Gasteiger partial charge in [-0.1, -0.05) is 36.9 Å². The van der Waals surface area contributed by atoms with E-state index < -0.39 is 28.0 Å². The fourth-order valence-electron chi connectivity index (χ4n) is 4.99. The Morgan fingerprint density at radius 1 is 1.15 bits per heavy atom. The third kappa shape index (κ3) is 4.92. The van der Waals surface area contributed by atoms with E-state index in [9.17, 15) is 24.5 Å². The lowest BCUT2D eigenvalue weighted by molar-refractivity contribution is -0.385. The molecule has 0 saturated heterocycles. The van der Waals surface area contributed by atoms with E-state index in [1.165, 1.54) is 22.6 Å². The van der Waals surface area contributed by atoms with Gasteiger partial charge in [-0.05, 0) is 50.1 Å². The van der Waals surface area contributed by atoms with Crippen molar-refractivity contribution in [2.75, 3.05) is 6.61 Å². The molecule has 11 nitrogen and oxygen atoms in total. The molecule has 4 aromatic rings. The fraction of sp³-hybridized carbons (Fsp3) is 0.296. The third-order valence-electron chi connectivity index (χ3n) is 6.76. The number of aromatic nitrogens is 3. The van der Waals surface area contributed by atoms with Gasteiger partial charge in [-0.2, -0.15) is 4.99 Å². The molecule has 12 heteroatoms. The summed E-state index contributed by atoms with van der Waals surface area (Å²) in [7, 11) is 0. The van der Waals surface area contributed by atoms with Gasteiger partial charge in [-0.3, -0.25) is 24.1 Å². The number of carbonyl (C=O) groups is 2. The molecular formula is C27H24ClN5O6. The van der Waals surface area contributed by atoms with Crippen LogP contribution in [0.5, 0.6) is 0 Å². The van der Waals surface area contributed by atoms with E-state index in [0.29, 0.717) is 18.5 Å². The SMILES string of the molecule is CCOC(=O)c1cc2c(=O)n3ccccc3nc2n(C2CCCCC2)c1=NC(=O)c1cc(Cl)ccc1[N+](=O)[O-]. The summed E-state index contributed by atoms with van der Waals surface area (Å²) < 4.78 is 8.30. The van der Waals surface area contributed by atoms with Gasteiger partial charge in [0.25, 0.3) is 17.2 Å². The standard InChI is InChI=1S/C27H24ClN5O6/c1-2-39-27(36)20-15-19-23(29-22-10-6-7-13-31(22)26(19)35)32(17-8-4-3-5-9-17)24(20)30-25(34)18-14-16(28)11-12-21(18)33(37)38/h6-7,10-15,17H,2-5,8-9H2,1H3. The van der Waals surface area contributed by atoms with Crippen molar-refractivity contribution in [1.29, 1.82) is 0 Å². The number of nitro benzene ring substituents is 1. The molecule has 39 heavy (non-hydrogen) atoms. The lowest BCUT2D eigenvalue weighted by atomic mass is 9.94. The number of halogens is 1. The van der Waals surface area contributed by atoms with Crippen LogP contribution in [0.15, 0.2) is 58.4 Å². The van der Waals surface area contributed by atoms with E-state index in [0.717, 1.165) is 25.3 Å². The van der Waals surface area contributed by atoms with Crippen LogP contribution in [0.2, 0.25) is 5.02 Å². The number of ether oxygens (including phenoxy) is 1. The average Bonchev–Trinajstić information content (AvgIpc) is 2.93. The molecule has 0 radical (unpaired) electrons. The lowest BCUT2D eigenvalue weighted by Gasteiger charge is -2.27. The third-order valence-corrected chi connectivity index (χ3v) is 7.00. The van der Waals surface area contributed by atoms with Crippen molar-refractivity contribution in [3.8, 4) is 0 Å². The lowest BCUT2D eigenvalue weighted by Crippen LogP contribution is -2.35. The number of pyridine rings is 2. The zero-order chi connectivity index (χ0) is 27.7. The Balaban J connectivity index is 1.91. The first-order chi connectivity index (χ1) is 18.8. The second-order valence-corrected chi connectivity index (χ2v) is 9.62. The van der Waals surface area contributed by atoms with E-state index in [1.807, 2.05) is 0 Å². The molecule has 0 aliphatic heterocycles. The zero-order valence-corrected chi connectivity index (χ0v) is 21.8. The van der Waals surface area contributed by atoms with Crippen LogP contribution >= 0.6 is 11.6 Å². The molecule has 3 aromatic heterocycles. The maximum atomic E-state index is 13.5. The van der Waals surface area contributed by atoms with Crippen molar-refractivity contribution >= 4 is 45.8 Å². The van der Waals surface area contributed by atoms with Crippen molar-refractivity contribution in [3.63, 3.8) is 0 Å². The highest BCUT2D eigenvalue weighted by Crippen LogP contribution is 2.30. The maximum absolute atomic E-state index is 13.5. The molecule has 1 aliphatic carbocycles. The van der Waals surface area contributed by atoms with Crippen LogP contribution in [0.25, 0.3) is 16.7 Å². The monoisotopic (exact) mass is 549 g/mol. The van der Waals surface area contributed by atoms with E-state index in [1.54, 1.807) is 35.9 Å². The fourth-order valence-corrected chi connectivity index (χ4v) is 5.17. The predicted molar refractivity (Wildman–Crippen MR) is 143 cm³/mol. The molecule has 1 aliphatic rings. The Kier molecular flexibility index (Phi) is 7.25. The molecule has 3 heterocycles. The Morgan fingerprint density at radius 3 is 2.64 bits per heavy atom. The molecule has 0 spiro atoms. The van der Waals surface area contributed by atoms with Crippen molar-refractivity contribution in [3.05, 3.63) is 90.8 Å². The maximum Gasteiger partial charge on any atom is 0.341 e. The molecule has 0 unspecified atom stereocenters. The van der Waals surface area contributed by atoms with Crippen LogP contribution in [-0.4, -0.2) is 37.4 Å². The molecule has 0 atom stereocenters. The molecule has 5 rings (SSSR count). The highest BCUT2D eigenvalue weighted by molar-refractivity contribution is 6.31. The second kappa shape index (κ2) is 10.8. The number of benzene rings is 1.